The number of nitrogens with one attached hydrogen (secondary N) is 1. The second-order valence-electron chi connectivity index (χ2n) is 7.11. The number of rotatable bonds is 5. The molecule has 2 saturated heterocycles. The number of carbonyl (C=O) groups excluding carboxylic acids is 2. The number of carboxylic acid groups (broad SMARTS) is 1. The van der Waals surface area contributed by atoms with Crippen LogP contribution in [-0.2, 0) is 14.4 Å². The monoisotopic (exact) mass is 414 g/mol. The second kappa shape index (κ2) is 7.42. The van der Waals surface area contributed by atoms with Gasteiger partial charge in [-0.05, 0) is 42.5 Å². The number of anilines is 1. The SMILES string of the molecule is COc1ccc(OC)c([C@@H]2N[C@H](C(=O)O)[C@@H]3C(=O)N(c4ccc(F)cc4)C(=O)[C@@H]32)c1. The third-order valence-corrected chi connectivity index (χ3v) is 5.60. The van der Waals surface area contributed by atoms with Crippen molar-refractivity contribution in [1.82, 2.24) is 5.32 Å². The lowest BCUT2D eigenvalue weighted by molar-refractivity contribution is -0.142. The molecule has 0 bridgehead atoms. The molecule has 0 aliphatic carbocycles. The van der Waals surface area contributed by atoms with Crippen molar-refractivity contribution in [3.05, 3.63) is 53.8 Å². The van der Waals surface area contributed by atoms with Crippen molar-refractivity contribution in [2.75, 3.05) is 19.1 Å². The molecule has 0 saturated carbocycles. The summed E-state index contributed by atoms with van der Waals surface area (Å²) in [4.78, 5) is 39.2. The van der Waals surface area contributed by atoms with Crippen LogP contribution in [0.1, 0.15) is 11.6 Å². The van der Waals surface area contributed by atoms with E-state index in [1.54, 1.807) is 18.2 Å². The molecule has 0 unspecified atom stereocenters. The Kier molecular flexibility index (Phi) is 4.90. The fraction of sp³-hybridized carbons (Fsp3) is 0.286. The Morgan fingerprint density at radius 2 is 1.70 bits per heavy atom. The second-order valence-corrected chi connectivity index (χ2v) is 7.11. The zero-order valence-corrected chi connectivity index (χ0v) is 16.2. The number of halogens is 1. The third-order valence-electron chi connectivity index (χ3n) is 5.60. The van der Waals surface area contributed by atoms with Crippen LogP contribution < -0.4 is 19.7 Å². The van der Waals surface area contributed by atoms with Crippen molar-refractivity contribution in [3.63, 3.8) is 0 Å². The Balaban J connectivity index is 1.81. The minimum atomic E-state index is -1.27. The van der Waals surface area contributed by atoms with Crippen molar-refractivity contribution in [2.24, 2.45) is 11.8 Å². The molecular formula is C21H19FN2O6. The number of ether oxygens (including phenoxy) is 2. The van der Waals surface area contributed by atoms with E-state index < -0.39 is 47.5 Å². The first-order valence-electron chi connectivity index (χ1n) is 9.21. The molecule has 8 nitrogen and oxygen atoms in total. The quantitative estimate of drug-likeness (QED) is 0.718. The molecule has 9 heteroatoms. The number of carbonyl (C=O) groups is 3. The first-order valence-corrected chi connectivity index (χ1v) is 9.21. The van der Waals surface area contributed by atoms with Crippen LogP contribution in [-0.4, -0.2) is 43.2 Å². The number of fused-ring (bicyclic) bond motifs is 1. The van der Waals surface area contributed by atoms with Crippen LogP contribution in [0.3, 0.4) is 0 Å². The van der Waals surface area contributed by atoms with E-state index in [1.807, 2.05) is 0 Å². The normalized spacial score (nSPS) is 25.4. The highest BCUT2D eigenvalue weighted by Gasteiger charge is 2.61. The zero-order chi connectivity index (χ0) is 21.6. The lowest BCUT2D eigenvalue weighted by Gasteiger charge is -2.23. The lowest BCUT2D eigenvalue weighted by Crippen LogP contribution is -2.43. The fourth-order valence-electron chi connectivity index (χ4n) is 4.25. The summed E-state index contributed by atoms with van der Waals surface area (Å²) in [6.45, 7) is 0. The molecule has 2 heterocycles. The van der Waals surface area contributed by atoms with Crippen LogP contribution >= 0.6 is 0 Å². The first-order chi connectivity index (χ1) is 14.4. The molecule has 4 atom stereocenters. The predicted octanol–water partition coefficient (Wildman–Crippen LogP) is 1.75. The average Bonchev–Trinajstić information content (AvgIpc) is 3.25. The lowest BCUT2D eigenvalue weighted by atomic mass is 9.86. The van der Waals surface area contributed by atoms with E-state index in [0.717, 1.165) is 17.0 Å². The minimum absolute atomic E-state index is 0.196. The summed E-state index contributed by atoms with van der Waals surface area (Å²) in [6, 6.07) is 7.83. The van der Waals surface area contributed by atoms with Gasteiger partial charge in [-0.25, -0.2) is 9.29 Å². The average molecular weight is 414 g/mol. The Bertz CT molecular complexity index is 1020. The van der Waals surface area contributed by atoms with Gasteiger partial charge in [0.2, 0.25) is 11.8 Å². The van der Waals surface area contributed by atoms with E-state index >= 15 is 0 Å². The third kappa shape index (κ3) is 2.98. The van der Waals surface area contributed by atoms with E-state index in [2.05, 4.69) is 5.32 Å². The van der Waals surface area contributed by atoms with Crippen LogP contribution in [0.4, 0.5) is 10.1 Å². The molecule has 2 aromatic carbocycles. The van der Waals surface area contributed by atoms with Gasteiger partial charge in [0.15, 0.2) is 0 Å². The molecular weight excluding hydrogens is 395 g/mol. The van der Waals surface area contributed by atoms with E-state index in [1.165, 1.54) is 26.4 Å². The number of aliphatic carboxylic acids is 1. The molecule has 0 radical (unpaired) electrons. The first kappa shape index (κ1) is 19.8. The molecule has 2 aromatic rings. The number of hydrogen-bond acceptors (Lipinski definition) is 6. The van der Waals surface area contributed by atoms with Gasteiger partial charge in [0.05, 0.1) is 31.7 Å². The van der Waals surface area contributed by atoms with Crippen molar-refractivity contribution in [3.8, 4) is 11.5 Å². The highest BCUT2D eigenvalue weighted by Crippen LogP contribution is 2.47. The maximum absolute atomic E-state index is 13.3. The Morgan fingerprint density at radius 3 is 2.30 bits per heavy atom. The summed E-state index contributed by atoms with van der Waals surface area (Å²) >= 11 is 0. The molecule has 4 rings (SSSR count). The van der Waals surface area contributed by atoms with Gasteiger partial charge >= 0.3 is 5.97 Å². The summed E-state index contributed by atoms with van der Waals surface area (Å²) in [6.07, 6.45) is 0. The van der Waals surface area contributed by atoms with Crippen molar-refractivity contribution < 1.29 is 33.4 Å². The molecule has 0 aromatic heterocycles. The summed E-state index contributed by atoms with van der Waals surface area (Å²) in [7, 11) is 2.94. The number of hydrogen-bond donors (Lipinski definition) is 2. The number of amides is 2. The van der Waals surface area contributed by atoms with Crippen molar-refractivity contribution >= 4 is 23.5 Å². The number of imide groups is 1. The van der Waals surface area contributed by atoms with Crippen LogP contribution in [0, 0.1) is 17.7 Å². The number of methoxy groups -OCH3 is 2. The topological polar surface area (TPSA) is 105 Å². The van der Waals surface area contributed by atoms with Crippen LogP contribution in [0.15, 0.2) is 42.5 Å². The van der Waals surface area contributed by atoms with Crippen LogP contribution in [0.25, 0.3) is 0 Å². The van der Waals surface area contributed by atoms with Gasteiger partial charge in [0, 0.05) is 11.6 Å². The maximum atomic E-state index is 13.3. The molecule has 2 amide bonds. The van der Waals surface area contributed by atoms with E-state index in [0.29, 0.717) is 17.1 Å². The Hall–Kier alpha value is -3.46. The van der Waals surface area contributed by atoms with Crippen molar-refractivity contribution in [2.45, 2.75) is 12.1 Å². The van der Waals surface area contributed by atoms with Gasteiger partial charge in [-0.3, -0.25) is 19.7 Å². The van der Waals surface area contributed by atoms with Crippen LogP contribution in [0.5, 0.6) is 11.5 Å². The number of nitrogens with zero attached hydrogens (tertiary/aromatic N) is 1. The molecule has 2 N–H and O–H groups in total. The Morgan fingerprint density at radius 1 is 1.03 bits per heavy atom. The van der Waals surface area contributed by atoms with E-state index in [-0.39, 0.29) is 5.69 Å². The van der Waals surface area contributed by atoms with Gasteiger partial charge in [-0.15, -0.1) is 0 Å². The predicted molar refractivity (Wildman–Crippen MR) is 103 cm³/mol. The van der Waals surface area contributed by atoms with Crippen molar-refractivity contribution in [1.29, 1.82) is 0 Å². The fourth-order valence-corrected chi connectivity index (χ4v) is 4.25. The number of benzene rings is 2. The molecule has 2 aliphatic heterocycles. The van der Waals surface area contributed by atoms with E-state index in [4.69, 9.17) is 9.47 Å². The van der Waals surface area contributed by atoms with Gasteiger partial charge in [-0.1, -0.05) is 0 Å². The molecule has 2 fully saturated rings. The summed E-state index contributed by atoms with van der Waals surface area (Å²) in [5, 5.41) is 12.6. The minimum Gasteiger partial charge on any atom is -0.497 e. The maximum Gasteiger partial charge on any atom is 0.321 e. The highest BCUT2D eigenvalue weighted by molar-refractivity contribution is 6.23. The molecule has 2 aliphatic rings. The zero-order valence-electron chi connectivity index (χ0n) is 16.2. The highest BCUT2D eigenvalue weighted by atomic mass is 19.1. The van der Waals surface area contributed by atoms with Gasteiger partial charge in [0.25, 0.3) is 0 Å². The van der Waals surface area contributed by atoms with E-state index in [9.17, 15) is 23.9 Å². The summed E-state index contributed by atoms with van der Waals surface area (Å²) in [5.74, 6) is -4.10. The molecule has 156 valence electrons. The summed E-state index contributed by atoms with van der Waals surface area (Å²) < 4.78 is 23.9. The molecule has 30 heavy (non-hydrogen) atoms. The van der Waals surface area contributed by atoms with Crippen LogP contribution in [0.2, 0.25) is 0 Å². The van der Waals surface area contributed by atoms with Gasteiger partial charge < -0.3 is 14.6 Å². The van der Waals surface area contributed by atoms with Gasteiger partial charge in [0.1, 0.15) is 23.4 Å². The standard InChI is InChI=1S/C21H19FN2O6/c1-29-12-7-8-14(30-2)13(9-12)17-15-16(18(23-17)21(27)28)20(26)24(19(15)25)11-5-3-10(22)4-6-11/h3-9,15-18,23H,1-2H3,(H,27,28)/t15-,16+,17-,18-/m0/s1. The Labute approximate surface area is 171 Å². The number of carboxylic acids is 1. The largest absolute Gasteiger partial charge is 0.497 e. The summed E-state index contributed by atoms with van der Waals surface area (Å²) in [5.41, 5.74) is 0.707. The molecule has 0 spiro atoms. The smallest absolute Gasteiger partial charge is 0.321 e. The van der Waals surface area contributed by atoms with Gasteiger partial charge in [-0.2, -0.15) is 0 Å².